The first-order chi connectivity index (χ1) is 10.4. The van der Waals surface area contributed by atoms with Crippen LogP contribution >= 0.6 is 0 Å². The van der Waals surface area contributed by atoms with E-state index in [1.54, 1.807) is 0 Å². The van der Waals surface area contributed by atoms with Crippen molar-refractivity contribution >= 4 is 0 Å². The van der Waals surface area contributed by atoms with Crippen molar-refractivity contribution in [2.45, 2.75) is 38.6 Å². The number of hydrogen-bond donors (Lipinski definition) is 1. The molecule has 112 valence electrons. The molecule has 0 spiro atoms. The first-order valence-corrected chi connectivity index (χ1v) is 8.21. The average molecular weight is 283 g/mol. The van der Waals surface area contributed by atoms with Crippen LogP contribution in [0.25, 0.3) is 11.4 Å². The van der Waals surface area contributed by atoms with Crippen LogP contribution in [0, 0.1) is 5.92 Å². The maximum absolute atomic E-state index is 4.49. The van der Waals surface area contributed by atoms with E-state index in [0.29, 0.717) is 0 Å². The van der Waals surface area contributed by atoms with E-state index in [9.17, 15) is 0 Å². The van der Waals surface area contributed by atoms with E-state index >= 15 is 0 Å². The second-order valence-corrected chi connectivity index (χ2v) is 6.02. The molecule has 1 N–H and O–H groups in total. The predicted octanol–water partition coefficient (Wildman–Crippen LogP) is 3.72. The summed E-state index contributed by atoms with van der Waals surface area (Å²) in [7, 11) is 0. The van der Waals surface area contributed by atoms with Gasteiger partial charge in [-0.25, -0.2) is 4.98 Å². The summed E-state index contributed by atoms with van der Waals surface area (Å²) in [6.45, 7) is 3.18. The molecule has 3 nitrogen and oxygen atoms in total. The van der Waals surface area contributed by atoms with Crippen molar-refractivity contribution in [2.75, 3.05) is 13.1 Å². The fourth-order valence-corrected chi connectivity index (χ4v) is 3.23. The van der Waals surface area contributed by atoms with Crippen LogP contribution in [0.1, 0.15) is 32.1 Å². The molecule has 21 heavy (non-hydrogen) atoms. The normalized spacial score (nSPS) is 16.2. The molecule has 0 amide bonds. The first-order valence-electron chi connectivity index (χ1n) is 8.21. The van der Waals surface area contributed by atoms with Crippen molar-refractivity contribution in [3.05, 3.63) is 42.7 Å². The van der Waals surface area contributed by atoms with Gasteiger partial charge in [-0.3, -0.25) is 0 Å². The molecule has 1 heterocycles. The molecule has 0 aliphatic heterocycles. The monoisotopic (exact) mass is 283 g/mol. The molecule has 0 bridgehead atoms. The van der Waals surface area contributed by atoms with Crippen LogP contribution in [0.15, 0.2) is 42.7 Å². The Labute approximate surface area is 127 Å². The zero-order chi connectivity index (χ0) is 14.3. The summed E-state index contributed by atoms with van der Waals surface area (Å²) < 4.78 is 2.24. The van der Waals surface area contributed by atoms with E-state index in [4.69, 9.17) is 0 Å². The van der Waals surface area contributed by atoms with Crippen molar-refractivity contribution < 1.29 is 0 Å². The number of imidazole rings is 1. The van der Waals surface area contributed by atoms with Gasteiger partial charge in [-0.1, -0.05) is 49.6 Å². The summed E-state index contributed by atoms with van der Waals surface area (Å²) in [5, 5.41) is 3.62. The van der Waals surface area contributed by atoms with Gasteiger partial charge >= 0.3 is 0 Å². The molecule has 0 radical (unpaired) electrons. The van der Waals surface area contributed by atoms with Gasteiger partial charge in [-0.05, 0) is 25.3 Å². The van der Waals surface area contributed by atoms with Crippen molar-refractivity contribution in [3.8, 4) is 11.4 Å². The number of rotatable bonds is 6. The van der Waals surface area contributed by atoms with E-state index in [2.05, 4.69) is 45.3 Å². The van der Waals surface area contributed by atoms with Crippen molar-refractivity contribution in [2.24, 2.45) is 5.92 Å². The molecule has 2 aromatic rings. The van der Waals surface area contributed by atoms with Gasteiger partial charge in [0.05, 0.1) is 0 Å². The largest absolute Gasteiger partial charge is 0.330 e. The lowest BCUT2D eigenvalue weighted by Gasteiger charge is -2.21. The maximum atomic E-state index is 4.49. The second kappa shape index (κ2) is 7.41. The van der Waals surface area contributed by atoms with Crippen LogP contribution in [-0.4, -0.2) is 22.6 Å². The third-order valence-electron chi connectivity index (χ3n) is 4.43. The molecule has 1 aromatic carbocycles. The topological polar surface area (TPSA) is 29.9 Å². The maximum Gasteiger partial charge on any atom is 0.139 e. The number of nitrogens with zero attached hydrogens (tertiary/aromatic N) is 2. The number of benzene rings is 1. The molecular weight excluding hydrogens is 258 g/mol. The molecule has 1 aliphatic carbocycles. The Morgan fingerprint density at radius 3 is 2.71 bits per heavy atom. The lowest BCUT2D eigenvalue weighted by atomic mass is 9.89. The summed E-state index contributed by atoms with van der Waals surface area (Å²) in [5.41, 5.74) is 1.19. The Morgan fingerprint density at radius 2 is 1.90 bits per heavy atom. The molecule has 1 aromatic heterocycles. The predicted molar refractivity (Wildman–Crippen MR) is 87.1 cm³/mol. The van der Waals surface area contributed by atoms with Gasteiger partial charge < -0.3 is 9.88 Å². The van der Waals surface area contributed by atoms with Gasteiger partial charge in [0, 0.05) is 31.0 Å². The van der Waals surface area contributed by atoms with Gasteiger partial charge in [0.1, 0.15) is 5.82 Å². The van der Waals surface area contributed by atoms with E-state index < -0.39 is 0 Å². The number of nitrogens with one attached hydrogen (secondary N) is 1. The Kier molecular flexibility index (Phi) is 5.06. The highest BCUT2D eigenvalue weighted by Crippen LogP contribution is 2.22. The molecule has 0 unspecified atom stereocenters. The third-order valence-corrected chi connectivity index (χ3v) is 4.43. The van der Waals surface area contributed by atoms with Crippen LogP contribution in [0.2, 0.25) is 0 Å². The van der Waals surface area contributed by atoms with Crippen molar-refractivity contribution in [1.29, 1.82) is 0 Å². The molecule has 0 atom stereocenters. The highest BCUT2D eigenvalue weighted by molar-refractivity contribution is 5.55. The Morgan fingerprint density at radius 1 is 1.10 bits per heavy atom. The number of aromatic nitrogens is 2. The highest BCUT2D eigenvalue weighted by atomic mass is 15.1. The minimum Gasteiger partial charge on any atom is -0.330 e. The third kappa shape index (κ3) is 3.94. The summed E-state index contributed by atoms with van der Waals surface area (Å²) in [4.78, 5) is 4.49. The summed E-state index contributed by atoms with van der Waals surface area (Å²) in [6.07, 6.45) is 11.1. The van der Waals surface area contributed by atoms with Crippen LogP contribution in [0.3, 0.4) is 0 Å². The summed E-state index contributed by atoms with van der Waals surface area (Å²) >= 11 is 0. The zero-order valence-electron chi connectivity index (χ0n) is 12.7. The number of hydrogen-bond acceptors (Lipinski definition) is 2. The van der Waals surface area contributed by atoms with E-state index in [1.165, 1.54) is 44.2 Å². The Bertz CT molecular complexity index is 526. The SMILES string of the molecule is c1ccc(-c2nccn2CCNCC2CCCCC2)cc1. The van der Waals surface area contributed by atoms with Crippen LogP contribution in [-0.2, 0) is 6.54 Å². The Balaban J connectivity index is 1.49. The first kappa shape index (κ1) is 14.3. The minimum absolute atomic E-state index is 0.898. The Hall–Kier alpha value is -1.61. The fraction of sp³-hybridized carbons (Fsp3) is 0.500. The van der Waals surface area contributed by atoms with Crippen LogP contribution in [0.4, 0.5) is 0 Å². The van der Waals surface area contributed by atoms with Gasteiger partial charge in [0.25, 0.3) is 0 Å². The molecule has 1 saturated carbocycles. The van der Waals surface area contributed by atoms with Crippen LogP contribution < -0.4 is 5.32 Å². The summed E-state index contributed by atoms with van der Waals surface area (Å²) in [6, 6.07) is 10.4. The van der Waals surface area contributed by atoms with Gasteiger partial charge in [-0.2, -0.15) is 0 Å². The average Bonchev–Trinajstić information content (AvgIpc) is 3.02. The lowest BCUT2D eigenvalue weighted by molar-refractivity contribution is 0.341. The molecule has 1 aliphatic rings. The van der Waals surface area contributed by atoms with Gasteiger partial charge in [0.15, 0.2) is 0 Å². The second-order valence-electron chi connectivity index (χ2n) is 6.02. The molecular formula is C18H25N3. The highest BCUT2D eigenvalue weighted by Gasteiger charge is 2.12. The van der Waals surface area contributed by atoms with E-state index in [0.717, 1.165) is 24.8 Å². The molecule has 0 saturated heterocycles. The van der Waals surface area contributed by atoms with Crippen molar-refractivity contribution in [1.82, 2.24) is 14.9 Å². The molecule has 3 heteroatoms. The van der Waals surface area contributed by atoms with E-state index in [1.807, 2.05) is 12.3 Å². The quantitative estimate of drug-likeness (QED) is 0.819. The minimum atomic E-state index is 0.898. The molecule has 3 rings (SSSR count). The van der Waals surface area contributed by atoms with Gasteiger partial charge in [-0.15, -0.1) is 0 Å². The fourth-order valence-electron chi connectivity index (χ4n) is 3.23. The molecule has 1 fully saturated rings. The standard InChI is InChI=1S/C18H25N3/c1-3-7-16(8-4-1)15-19-11-13-21-14-12-20-18(21)17-9-5-2-6-10-17/h2,5-6,9-10,12,14,16,19H,1,3-4,7-8,11,13,15H2. The summed E-state index contributed by atoms with van der Waals surface area (Å²) in [5.74, 6) is 1.96. The van der Waals surface area contributed by atoms with E-state index in [-0.39, 0.29) is 0 Å². The lowest BCUT2D eigenvalue weighted by Crippen LogP contribution is -2.27. The zero-order valence-corrected chi connectivity index (χ0v) is 12.7. The van der Waals surface area contributed by atoms with Crippen molar-refractivity contribution in [3.63, 3.8) is 0 Å². The smallest absolute Gasteiger partial charge is 0.139 e. The van der Waals surface area contributed by atoms with Gasteiger partial charge in [0.2, 0.25) is 0 Å². The van der Waals surface area contributed by atoms with Crippen LogP contribution in [0.5, 0.6) is 0 Å².